The normalized spacial score (nSPS) is 19.2. The maximum atomic E-state index is 12.2. The molecule has 1 atom stereocenters. The van der Waals surface area contributed by atoms with Crippen LogP contribution in [0.1, 0.15) is 9.67 Å². The van der Waals surface area contributed by atoms with Crippen LogP contribution < -0.4 is 0 Å². The van der Waals surface area contributed by atoms with E-state index < -0.39 is 22.8 Å². The second kappa shape index (κ2) is 5.57. The van der Waals surface area contributed by atoms with E-state index in [0.717, 1.165) is 11.3 Å². The molecule has 7 nitrogen and oxygen atoms in total. The maximum Gasteiger partial charge on any atom is 0.327 e. The van der Waals surface area contributed by atoms with Crippen LogP contribution in [-0.4, -0.2) is 50.9 Å². The Morgan fingerprint density at radius 3 is 2.79 bits per heavy atom. The molecule has 2 rings (SSSR count). The molecule has 0 saturated carbocycles. The quantitative estimate of drug-likeness (QED) is 0.667. The summed E-state index contributed by atoms with van der Waals surface area (Å²) in [5.41, 5.74) is 0. The third-order valence-electron chi connectivity index (χ3n) is 2.66. The van der Waals surface area contributed by atoms with Gasteiger partial charge in [-0.2, -0.15) is 11.8 Å². The third-order valence-corrected chi connectivity index (χ3v) is 4.70. The summed E-state index contributed by atoms with van der Waals surface area (Å²) in [4.78, 5) is 34.8. The van der Waals surface area contributed by atoms with Gasteiger partial charge in [0.25, 0.3) is 5.91 Å². The van der Waals surface area contributed by atoms with Crippen LogP contribution in [0.5, 0.6) is 0 Å². The number of hydrogen-bond acceptors (Lipinski definition) is 6. The van der Waals surface area contributed by atoms with E-state index in [4.69, 9.17) is 5.11 Å². The lowest BCUT2D eigenvalue weighted by atomic mass is 10.2. The van der Waals surface area contributed by atoms with Gasteiger partial charge in [-0.25, -0.2) is 4.79 Å². The lowest BCUT2D eigenvalue weighted by molar-refractivity contribution is -0.380. The number of rotatable bonds is 3. The first kappa shape index (κ1) is 13.8. The Labute approximate surface area is 116 Å². The van der Waals surface area contributed by atoms with E-state index in [0.29, 0.717) is 18.1 Å². The molecular weight excluding hydrogens is 292 g/mol. The third kappa shape index (κ3) is 2.87. The van der Waals surface area contributed by atoms with Crippen LogP contribution in [0.25, 0.3) is 0 Å². The summed E-state index contributed by atoms with van der Waals surface area (Å²) in [7, 11) is 0. The molecule has 1 unspecified atom stereocenters. The summed E-state index contributed by atoms with van der Waals surface area (Å²) in [6.45, 7) is 0.339. The van der Waals surface area contributed by atoms with Crippen LogP contribution in [0.15, 0.2) is 12.1 Å². The zero-order chi connectivity index (χ0) is 14.0. The van der Waals surface area contributed by atoms with Gasteiger partial charge in [0.05, 0.1) is 9.80 Å². The van der Waals surface area contributed by atoms with Crippen molar-refractivity contribution in [2.45, 2.75) is 6.04 Å². The van der Waals surface area contributed by atoms with Crippen LogP contribution in [0.3, 0.4) is 0 Å². The van der Waals surface area contributed by atoms with Gasteiger partial charge in [0.1, 0.15) is 6.04 Å². The molecule has 102 valence electrons. The largest absolute Gasteiger partial charge is 0.480 e. The summed E-state index contributed by atoms with van der Waals surface area (Å²) in [5.74, 6) is -0.491. The zero-order valence-electron chi connectivity index (χ0n) is 9.64. The topological polar surface area (TPSA) is 101 Å². The van der Waals surface area contributed by atoms with Gasteiger partial charge in [-0.05, 0) is 6.07 Å². The SMILES string of the molecule is O=C(O)C1CSCCN1C(=O)c1ccc([N+](=O)[O-])s1. The smallest absolute Gasteiger partial charge is 0.327 e. The molecule has 1 N–H and O–H groups in total. The van der Waals surface area contributed by atoms with Crippen molar-refractivity contribution < 1.29 is 19.6 Å². The van der Waals surface area contributed by atoms with Crippen LogP contribution >= 0.6 is 23.1 Å². The van der Waals surface area contributed by atoms with Crippen molar-refractivity contribution in [1.29, 1.82) is 0 Å². The van der Waals surface area contributed by atoms with Crippen molar-refractivity contribution >= 4 is 40.0 Å². The minimum atomic E-state index is -1.05. The first-order valence-electron chi connectivity index (χ1n) is 5.36. The number of nitrogens with zero attached hydrogens (tertiary/aromatic N) is 2. The van der Waals surface area contributed by atoms with Gasteiger partial charge in [0.2, 0.25) is 0 Å². The number of hydrogen-bond donors (Lipinski definition) is 1. The number of carboxylic acids is 1. The Bertz CT molecular complexity index is 530. The zero-order valence-corrected chi connectivity index (χ0v) is 11.3. The number of aliphatic carboxylic acids is 1. The van der Waals surface area contributed by atoms with E-state index in [2.05, 4.69) is 0 Å². The Morgan fingerprint density at radius 1 is 1.47 bits per heavy atom. The number of amides is 1. The summed E-state index contributed by atoms with van der Waals surface area (Å²) in [6.07, 6.45) is 0. The Hall–Kier alpha value is -1.61. The molecule has 1 amide bonds. The fraction of sp³-hybridized carbons (Fsp3) is 0.400. The van der Waals surface area contributed by atoms with Crippen LogP contribution in [0.4, 0.5) is 5.00 Å². The molecule has 19 heavy (non-hydrogen) atoms. The van der Waals surface area contributed by atoms with Crippen LogP contribution in [-0.2, 0) is 4.79 Å². The molecule has 1 aliphatic heterocycles. The molecule has 0 aromatic carbocycles. The van der Waals surface area contributed by atoms with E-state index in [1.165, 1.54) is 28.8 Å². The van der Waals surface area contributed by atoms with E-state index in [1.807, 2.05) is 0 Å². The average molecular weight is 302 g/mol. The average Bonchev–Trinajstić information content (AvgIpc) is 2.87. The molecule has 1 aliphatic rings. The molecule has 9 heteroatoms. The van der Waals surface area contributed by atoms with Gasteiger partial charge in [-0.1, -0.05) is 11.3 Å². The number of thioether (sulfide) groups is 1. The molecular formula is C10H10N2O5S2. The molecule has 1 aromatic heterocycles. The molecule has 0 spiro atoms. The van der Waals surface area contributed by atoms with Gasteiger partial charge >= 0.3 is 11.0 Å². The lowest BCUT2D eigenvalue weighted by Crippen LogP contribution is -2.50. The minimum Gasteiger partial charge on any atom is -0.480 e. The number of carbonyl (C=O) groups is 2. The predicted octanol–water partition coefficient (Wildman–Crippen LogP) is 1.30. The highest BCUT2D eigenvalue weighted by Gasteiger charge is 2.33. The molecule has 0 aliphatic carbocycles. The van der Waals surface area contributed by atoms with Crippen molar-refractivity contribution in [3.05, 3.63) is 27.1 Å². The first-order chi connectivity index (χ1) is 9.00. The van der Waals surface area contributed by atoms with Gasteiger partial charge < -0.3 is 10.0 Å². The highest BCUT2D eigenvalue weighted by molar-refractivity contribution is 7.99. The fourth-order valence-corrected chi connectivity index (χ4v) is 3.55. The van der Waals surface area contributed by atoms with Gasteiger partial charge in [0, 0.05) is 24.1 Å². The summed E-state index contributed by atoms with van der Waals surface area (Å²) < 4.78 is 0. The Kier molecular flexibility index (Phi) is 4.05. The van der Waals surface area contributed by atoms with E-state index >= 15 is 0 Å². The van der Waals surface area contributed by atoms with Gasteiger partial charge in [0.15, 0.2) is 0 Å². The fourth-order valence-electron chi connectivity index (χ4n) is 1.73. The van der Waals surface area contributed by atoms with Crippen molar-refractivity contribution in [1.82, 2.24) is 4.90 Å². The highest BCUT2D eigenvalue weighted by atomic mass is 32.2. The molecule has 0 radical (unpaired) electrons. The van der Waals surface area contributed by atoms with Gasteiger partial charge in [-0.15, -0.1) is 0 Å². The summed E-state index contributed by atoms with van der Waals surface area (Å²) in [5, 5.41) is 19.5. The first-order valence-corrected chi connectivity index (χ1v) is 7.33. The number of thiophene rings is 1. The minimum absolute atomic E-state index is 0.124. The molecule has 2 heterocycles. The molecule has 0 bridgehead atoms. The van der Waals surface area contributed by atoms with Crippen LogP contribution in [0, 0.1) is 10.1 Å². The molecule has 1 fully saturated rings. The summed E-state index contributed by atoms with van der Waals surface area (Å²) >= 11 is 2.24. The van der Waals surface area contributed by atoms with Gasteiger partial charge in [-0.3, -0.25) is 14.9 Å². The number of carboxylic acid groups (broad SMARTS) is 1. The maximum absolute atomic E-state index is 12.2. The number of nitro groups is 1. The van der Waals surface area contributed by atoms with Crippen LogP contribution in [0.2, 0.25) is 0 Å². The highest BCUT2D eigenvalue weighted by Crippen LogP contribution is 2.27. The van der Waals surface area contributed by atoms with Crippen molar-refractivity contribution in [2.24, 2.45) is 0 Å². The monoisotopic (exact) mass is 302 g/mol. The van der Waals surface area contributed by atoms with E-state index in [-0.39, 0.29) is 9.88 Å². The van der Waals surface area contributed by atoms with Crippen molar-refractivity contribution in [3.63, 3.8) is 0 Å². The Morgan fingerprint density at radius 2 is 2.21 bits per heavy atom. The number of carbonyl (C=O) groups excluding carboxylic acids is 1. The second-order valence-electron chi connectivity index (χ2n) is 3.82. The molecule has 1 saturated heterocycles. The second-order valence-corrected chi connectivity index (χ2v) is 6.03. The predicted molar refractivity (Wildman–Crippen MR) is 70.8 cm³/mol. The van der Waals surface area contributed by atoms with E-state index in [9.17, 15) is 19.7 Å². The Balaban J connectivity index is 2.21. The van der Waals surface area contributed by atoms with E-state index in [1.54, 1.807) is 0 Å². The van der Waals surface area contributed by atoms with Crippen molar-refractivity contribution in [3.8, 4) is 0 Å². The standard InChI is InChI=1S/C10H10N2O5S2/c13-9(7-1-2-8(19-7)12(16)17)11-3-4-18-5-6(11)10(14)15/h1-2,6H,3-5H2,(H,14,15). The summed E-state index contributed by atoms with van der Waals surface area (Å²) in [6, 6.07) is 1.76. The lowest BCUT2D eigenvalue weighted by Gasteiger charge is -2.32. The van der Waals surface area contributed by atoms with Crippen molar-refractivity contribution in [2.75, 3.05) is 18.1 Å². The molecule has 1 aromatic rings.